The molecule has 0 amide bonds. The van der Waals surface area contributed by atoms with E-state index in [1.807, 2.05) is 0 Å². The molecule has 0 radical (unpaired) electrons. The summed E-state index contributed by atoms with van der Waals surface area (Å²) in [5.41, 5.74) is 2.79. The van der Waals surface area contributed by atoms with Crippen LogP contribution in [-0.4, -0.2) is 44.2 Å². The van der Waals surface area contributed by atoms with Gasteiger partial charge in [-0.1, -0.05) is 18.6 Å². The minimum atomic E-state index is 0.994. The third-order valence-corrected chi connectivity index (χ3v) is 4.79. The molecule has 0 atom stereocenters. The van der Waals surface area contributed by atoms with E-state index >= 15 is 0 Å². The molecule has 2 fully saturated rings. The maximum Gasteiger partial charge on any atom is 0.0366 e. The van der Waals surface area contributed by atoms with Crippen LogP contribution in [0.25, 0.3) is 0 Å². The largest absolute Gasteiger partial charge is 0.372 e. The van der Waals surface area contributed by atoms with Crippen molar-refractivity contribution < 1.29 is 0 Å². The van der Waals surface area contributed by atoms with Crippen LogP contribution in [-0.2, 0) is 6.54 Å². The van der Waals surface area contributed by atoms with Crippen molar-refractivity contribution in [3.05, 3.63) is 29.8 Å². The molecule has 2 aliphatic heterocycles. The first-order valence-electron chi connectivity index (χ1n) is 8.69. The molecule has 0 bridgehead atoms. The van der Waals surface area contributed by atoms with Gasteiger partial charge in [-0.3, -0.25) is 0 Å². The van der Waals surface area contributed by atoms with E-state index in [9.17, 15) is 0 Å². The Morgan fingerprint density at radius 2 is 1.48 bits per heavy atom. The van der Waals surface area contributed by atoms with Crippen LogP contribution in [0.5, 0.6) is 0 Å². The Labute approximate surface area is 129 Å². The minimum absolute atomic E-state index is 0.994. The Bertz CT molecular complexity index is 403. The molecule has 21 heavy (non-hydrogen) atoms. The van der Waals surface area contributed by atoms with Crippen LogP contribution in [0, 0.1) is 0 Å². The Kier molecular flexibility index (Phi) is 5.53. The summed E-state index contributed by atoms with van der Waals surface area (Å²) in [5.74, 6) is 0. The molecule has 0 spiro atoms. The Hall–Kier alpha value is -1.06. The third-order valence-electron chi connectivity index (χ3n) is 4.79. The van der Waals surface area contributed by atoms with Gasteiger partial charge in [0.05, 0.1) is 0 Å². The SMILES string of the molecule is c1cc(N2CCCC2)ccc1CNCCN1CCCCC1. The maximum absolute atomic E-state index is 3.58. The van der Waals surface area contributed by atoms with Gasteiger partial charge in [-0.25, -0.2) is 0 Å². The molecule has 2 heterocycles. The molecule has 116 valence electrons. The highest BCUT2D eigenvalue weighted by Gasteiger charge is 2.12. The van der Waals surface area contributed by atoms with E-state index in [4.69, 9.17) is 0 Å². The van der Waals surface area contributed by atoms with Gasteiger partial charge in [0.1, 0.15) is 0 Å². The van der Waals surface area contributed by atoms with Crippen molar-refractivity contribution in [1.82, 2.24) is 10.2 Å². The molecule has 0 aromatic heterocycles. The van der Waals surface area contributed by atoms with Gasteiger partial charge in [-0.2, -0.15) is 0 Å². The summed E-state index contributed by atoms with van der Waals surface area (Å²) in [6.45, 7) is 8.35. The van der Waals surface area contributed by atoms with Gasteiger partial charge in [-0.05, 0) is 56.5 Å². The molecule has 1 aromatic carbocycles. The predicted molar refractivity (Wildman–Crippen MR) is 89.9 cm³/mol. The van der Waals surface area contributed by atoms with E-state index in [0.717, 1.165) is 13.1 Å². The van der Waals surface area contributed by atoms with Crippen molar-refractivity contribution in [3.8, 4) is 0 Å². The molecular formula is C18H29N3. The lowest BCUT2D eigenvalue weighted by Crippen LogP contribution is -2.35. The highest BCUT2D eigenvalue weighted by Crippen LogP contribution is 2.20. The van der Waals surface area contributed by atoms with Crippen molar-refractivity contribution >= 4 is 5.69 Å². The average Bonchev–Trinajstić information content (AvgIpc) is 3.08. The van der Waals surface area contributed by atoms with Crippen LogP contribution in [0.2, 0.25) is 0 Å². The van der Waals surface area contributed by atoms with E-state index in [0.29, 0.717) is 0 Å². The number of rotatable bonds is 6. The van der Waals surface area contributed by atoms with Gasteiger partial charge in [0.15, 0.2) is 0 Å². The Morgan fingerprint density at radius 1 is 0.810 bits per heavy atom. The molecule has 0 saturated carbocycles. The molecule has 3 heteroatoms. The van der Waals surface area contributed by atoms with Gasteiger partial charge < -0.3 is 15.1 Å². The van der Waals surface area contributed by atoms with Crippen molar-refractivity contribution in [2.24, 2.45) is 0 Å². The number of nitrogens with zero attached hydrogens (tertiary/aromatic N) is 2. The molecule has 0 unspecified atom stereocenters. The summed E-state index contributed by atoms with van der Waals surface area (Å²) < 4.78 is 0. The van der Waals surface area contributed by atoms with Crippen molar-refractivity contribution in [2.75, 3.05) is 44.2 Å². The summed E-state index contributed by atoms with van der Waals surface area (Å²) in [6.07, 6.45) is 6.89. The second-order valence-corrected chi connectivity index (χ2v) is 6.44. The summed E-state index contributed by atoms with van der Waals surface area (Å²) in [6, 6.07) is 9.13. The lowest BCUT2D eigenvalue weighted by atomic mass is 10.1. The van der Waals surface area contributed by atoms with Gasteiger partial charge in [0, 0.05) is 38.4 Å². The first kappa shape index (κ1) is 14.9. The zero-order valence-electron chi connectivity index (χ0n) is 13.2. The zero-order valence-corrected chi connectivity index (χ0v) is 13.2. The quantitative estimate of drug-likeness (QED) is 0.812. The first-order valence-corrected chi connectivity index (χ1v) is 8.69. The van der Waals surface area contributed by atoms with E-state index in [2.05, 4.69) is 39.4 Å². The van der Waals surface area contributed by atoms with Crippen LogP contribution in [0.3, 0.4) is 0 Å². The predicted octanol–water partition coefficient (Wildman–Crippen LogP) is 2.86. The van der Waals surface area contributed by atoms with Crippen LogP contribution < -0.4 is 10.2 Å². The van der Waals surface area contributed by atoms with Gasteiger partial charge in [0.25, 0.3) is 0 Å². The number of likely N-dealkylation sites (tertiary alicyclic amines) is 1. The standard InChI is InChI=1S/C18H29N3/c1-2-11-20(12-3-1)15-10-19-16-17-6-8-18(9-7-17)21-13-4-5-14-21/h6-9,19H,1-5,10-16H2. The summed E-state index contributed by atoms with van der Waals surface area (Å²) in [4.78, 5) is 5.08. The van der Waals surface area contributed by atoms with Crippen molar-refractivity contribution in [1.29, 1.82) is 0 Å². The normalized spacial score (nSPS) is 20.1. The van der Waals surface area contributed by atoms with Gasteiger partial charge >= 0.3 is 0 Å². The molecular weight excluding hydrogens is 258 g/mol. The Balaban J connectivity index is 1.36. The van der Waals surface area contributed by atoms with Gasteiger partial charge in [-0.15, -0.1) is 0 Å². The molecule has 2 aliphatic rings. The van der Waals surface area contributed by atoms with E-state index in [1.54, 1.807) is 0 Å². The van der Waals surface area contributed by atoms with Crippen LogP contribution in [0.4, 0.5) is 5.69 Å². The molecule has 3 rings (SSSR count). The number of anilines is 1. The number of piperidine rings is 1. The summed E-state index contributed by atoms with van der Waals surface area (Å²) >= 11 is 0. The van der Waals surface area contributed by atoms with Crippen molar-refractivity contribution in [2.45, 2.75) is 38.6 Å². The maximum atomic E-state index is 3.58. The lowest BCUT2D eigenvalue weighted by molar-refractivity contribution is 0.229. The van der Waals surface area contributed by atoms with Crippen LogP contribution in [0.15, 0.2) is 24.3 Å². The number of hydrogen-bond acceptors (Lipinski definition) is 3. The molecule has 0 aliphatic carbocycles. The highest BCUT2D eigenvalue weighted by molar-refractivity contribution is 5.48. The zero-order chi connectivity index (χ0) is 14.3. The van der Waals surface area contributed by atoms with E-state index in [-0.39, 0.29) is 0 Å². The molecule has 3 nitrogen and oxygen atoms in total. The van der Waals surface area contributed by atoms with Crippen molar-refractivity contribution in [3.63, 3.8) is 0 Å². The summed E-state index contributed by atoms with van der Waals surface area (Å²) in [5, 5.41) is 3.58. The number of hydrogen-bond donors (Lipinski definition) is 1. The van der Waals surface area contributed by atoms with E-state index in [1.165, 1.54) is 76.1 Å². The fourth-order valence-corrected chi connectivity index (χ4v) is 3.45. The fourth-order valence-electron chi connectivity index (χ4n) is 3.45. The third kappa shape index (κ3) is 4.45. The number of nitrogens with one attached hydrogen (secondary N) is 1. The molecule has 1 aromatic rings. The first-order chi connectivity index (χ1) is 10.4. The highest BCUT2D eigenvalue weighted by atomic mass is 15.1. The summed E-state index contributed by atoms with van der Waals surface area (Å²) in [7, 11) is 0. The fraction of sp³-hybridized carbons (Fsp3) is 0.667. The monoisotopic (exact) mass is 287 g/mol. The smallest absolute Gasteiger partial charge is 0.0366 e. The Morgan fingerprint density at radius 3 is 2.19 bits per heavy atom. The second kappa shape index (κ2) is 7.81. The minimum Gasteiger partial charge on any atom is -0.372 e. The van der Waals surface area contributed by atoms with E-state index < -0.39 is 0 Å². The number of benzene rings is 1. The van der Waals surface area contributed by atoms with Crippen LogP contribution >= 0.6 is 0 Å². The molecule has 2 saturated heterocycles. The lowest BCUT2D eigenvalue weighted by Gasteiger charge is -2.26. The average molecular weight is 287 g/mol. The van der Waals surface area contributed by atoms with Crippen LogP contribution in [0.1, 0.15) is 37.7 Å². The second-order valence-electron chi connectivity index (χ2n) is 6.44. The molecule has 1 N–H and O–H groups in total. The van der Waals surface area contributed by atoms with Gasteiger partial charge in [0.2, 0.25) is 0 Å². The topological polar surface area (TPSA) is 18.5 Å².